The van der Waals surface area contributed by atoms with Crippen molar-refractivity contribution < 1.29 is 23.5 Å². The Morgan fingerprint density at radius 2 is 1.88 bits per heavy atom. The summed E-state index contributed by atoms with van der Waals surface area (Å²) in [4.78, 5) is 24.0. The first-order valence-electron chi connectivity index (χ1n) is 7.00. The SMILES string of the molecule is COc1ccc(C(=O)Nc2oc(C)c(C(C)=O)c2C#N)cc1OC. The van der Waals surface area contributed by atoms with E-state index in [1.165, 1.54) is 27.2 Å². The number of methoxy groups -OCH3 is 2. The zero-order chi connectivity index (χ0) is 17.9. The second-order valence-corrected chi connectivity index (χ2v) is 4.93. The Bertz CT molecular complexity index is 845. The molecule has 24 heavy (non-hydrogen) atoms. The molecule has 0 unspecified atom stereocenters. The minimum absolute atomic E-state index is 0.00817. The van der Waals surface area contributed by atoms with Crippen LogP contribution in [0.5, 0.6) is 11.5 Å². The summed E-state index contributed by atoms with van der Waals surface area (Å²) in [5.41, 5.74) is 0.462. The first-order chi connectivity index (χ1) is 11.4. The van der Waals surface area contributed by atoms with Crippen molar-refractivity contribution in [2.45, 2.75) is 13.8 Å². The van der Waals surface area contributed by atoms with Crippen LogP contribution in [0.15, 0.2) is 22.6 Å². The van der Waals surface area contributed by atoms with Crippen LogP contribution in [0, 0.1) is 18.3 Å². The molecule has 0 spiro atoms. The van der Waals surface area contributed by atoms with E-state index in [0.717, 1.165) is 0 Å². The molecule has 1 aromatic heterocycles. The quantitative estimate of drug-likeness (QED) is 0.847. The molecule has 0 atom stereocenters. The molecule has 0 fully saturated rings. The Kier molecular flexibility index (Phi) is 4.90. The Morgan fingerprint density at radius 1 is 1.21 bits per heavy atom. The topological polar surface area (TPSA) is 102 Å². The Labute approximate surface area is 138 Å². The number of hydrogen-bond acceptors (Lipinski definition) is 6. The molecule has 0 bridgehead atoms. The largest absolute Gasteiger partial charge is 0.493 e. The molecular weight excluding hydrogens is 312 g/mol. The van der Waals surface area contributed by atoms with E-state index >= 15 is 0 Å². The van der Waals surface area contributed by atoms with E-state index in [0.29, 0.717) is 11.5 Å². The van der Waals surface area contributed by atoms with Gasteiger partial charge < -0.3 is 13.9 Å². The number of benzene rings is 1. The number of ether oxygens (including phenoxy) is 2. The van der Waals surface area contributed by atoms with Crippen molar-refractivity contribution >= 4 is 17.6 Å². The first kappa shape index (κ1) is 17.1. The lowest BCUT2D eigenvalue weighted by Gasteiger charge is -2.09. The van der Waals surface area contributed by atoms with Gasteiger partial charge in [-0.05, 0) is 32.0 Å². The van der Waals surface area contributed by atoms with E-state index in [2.05, 4.69) is 5.32 Å². The smallest absolute Gasteiger partial charge is 0.258 e. The van der Waals surface area contributed by atoms with Crippen LogP contribution in [0.2, 0.25) is 0 Å². The van der Waals surface area contributed by atoms with Crippen LogP contribution in [0.3, 0.4) is 0 Å². The lowest BCUT2D eigenvalue weighted by Crippen LogP contribution is -2.12. The third-order valence-electron chi connectivity index (χ3n) is 3.42. The summed E-state index contributed by atoms with van der Waals surface area (Å²) < 4.78 is 15.6. The molecule has 1 aromatic carbocycles. The number of nitriles is 1. The second kappa shape index (κ2) is 6.87. The molecule has 2 aromatic rings. The summed E-state index contributed by atoms with van der Waals surface area (Å²) in [6.07, 6.45) is 0. The zero-order valence-corrected chi connectivity index (χ0v) is 13.7. The van der Waals surface area contributed by atoms with Crippen molar-refractivity contribution in [3.8, 4) is 17.6 Å². The van der Waals surface area contributed by atoms with Gasteiger partial charge in [0.25, 0.3) is 5.91 Å². The standard InChI is InChI=1S/C17H16N2O5/c1-9(20)15-10(2)24-17(12(15)8-18)19-16(21)11-5-6-13(22-3)14(7-11)23-4/h5-7H,1-4H3,(H,19,21). The van der Waals surface area contributed by atoms with Crippen molar-refractivity contribution in [1.29, 1.82) is 5.26 Å². The average molecular weight is 328 g/mol. The van der Waals surface area contributed by atoms with Gasteiger partial charge in [0.15, 0.2) is 17.3 Å². The van der Waals surface area contributed by atoms with Crippen molar-refractivity contribution in [2.75, 3.05) is 19.5 Å². The molecular formula is C17H16N2O5. The predicted octanol–water partition coefficient (Wildman–Crippen LogP) is 2.93. The molecule has 0 aliphatic carbocycles. The normalized spacial score (nSPS) is 9.96. The summed E-state index contributed by atoms with van der Waals surface area (Å²) in [6.45, 7) is 2.89. The van der Waals surface area contributed by atoms with Crippen molar-refractivity contribution in [3.05, 3.63) is 40.6 Å². The number of hydrogen-bond donors (Lipinski definition) is 1. The Morgan fingerprint density at radius 3 is 2.42 bits per heavy atom. The number of furan rings is 1. The predicted molar refractivity (Wildman–Crippen MR) is 85.7 cm³/mol. The van der Waals surface area contributed by atoms with Gasteiger partial charge in [-0.25, -0.2) is 0 Å². The van der Waals surface area contributed by atoms with Gasteiger partial charge in [-0.3, -0.25) is 14.9 Å². The van der Waals surface area contributed by atoms with Crippen LogP contribution in [0.1, 0.15) is 39.0 Å². The molecule has 0 radical (unpaired) electrons. The van der Waals surface area contributed by atoms with Crippen LogP contribution in [-0.2, 0) is 0 Å². The number of rotatable bonds is 5. The maximum Gasteiger partial charge on any atom is 0.258 e. The molecule has 1 amide bonds. The summed E-state index contributed by atoms with van der Waals surface area (Å²) in [7, 11) is 2.95. The molecule has 7 heteroatoms. The minimum Gasteiger partial charge on any atom is -0.493 e. The Hall–Kier alpha value is -3.27. The number of amides is 1. The molecule has 1 N–H and O–H groups in total. The highest BCUT2D eigenvalue weighted by Crippen LogP contribution is 2.30. The molecule has 1 heterocycles. The Balaban J connectivity index is 2.36. The third kappa shape index (κ3) is 3.08. The van der Waals surface area contributed by atoms with Crippen LogP contribution in [0.4, 0.5) is 5.88 Å². The van der Waals surface area contributed by atoms with E-state index in [1.807, 2.05) is 6.07 Å². The van der Waals surface area contributed by atoms with E-state index in [1.54, 1.807) is 19.1 Å². The number of nitrogens with zero attached hydrogens (tertiary/aromatic N) is 1. The number of carbonyl (C=O) groups excluding carboxylic acids is 2. The minimum atomic E-state index is -0.503. The fourth-order valence-electron chi connectivity index (χ4n) is 2.32. The molecule has 0 saturated heterocycles. The zero-order valence-electron chi connectivity index (χ0n) is 13.7. The lowest BCUT2D eigenvalue weighted by molar-refractivity contribution is 0.101. The van der Waals surface area contributed by atoms with E-state index in [-0.39, 0.29) is 34.1 Å². The molecule has 7 nitrogen and oxygen atoms in total. The van der Waals surface area contributed by atoms with Crippen LogP contribution < -0.4 is 14.8 Å². The molecule has 2 rings (SSSR count). The highest BCUT2D eigenvalue weighted by Gasteiger charge is 2.23. The monoisotopic (exact) mass is 328 g/mol. The summed E-state index contributed by atoms with van der Waals surface area (Å²) in [6, 6.07) is 6.53. The number of carbonyl (C=O) groups is 2. The highest BCUT2D eigenvalue weighted by molar-refractivity contribution is 6.06. The first-order valence-corrected chi connectivity index (χ1v) is 7.00. The van der Waals surface area contributed by atoms with Gasteiger partial charge in [0.05, 0.1) is 19.8 Å². The fourth-order valence-corrected chi connectivity index (χ4v) is 2.32. The maximum atomic E-state index is 12.4. The number of ketones is 1. The second-order valence-electron chi connectivity index (χ2n) is 4.93. The summed E-state index contributed by atoms with van der Waals surface area (Å²) in [5.74, 6) is 0.294. The van der Waals surface area contributed by atoms with Crippen molar-refractivity contribution in [1.82, 2.24) is 0 Å². The van der Waals surface area contributed by atoms with Crippen LogP contribution in [0.25, 0.3) is 0 Å². The third-order valence-corrected chi connectivity index (χ3v) is 3.42. The van der Waals surface area contributed by atoms with Gasteiger partial charge in [0, 0.05) is 5.56 Å². The summed E-state index contributed by atoms with van der Waals surface area (Å²) in [5, 5.41) is 11.8. The highest BCUT2D eigenvalue weighted by atomic mass is 16.5. The molecule has 0 saturated carbocycles. The van der Waals surface area contributed by atoms with Crippen molar-refractivity contribution in [2.24, 2.45) is 0 Å². The van der Waals surface area contributed by atoms with Crippen LogP contribution >= 0.6 is 0 Å². The van der Waals surface area contributed by atoms with Gasteiger partial charge in [-0.15, -0.1) is 0 Å². The summed E-state index contributed by atoms with van der Waals surface area (Å²) >= 11 is 0. The molecule has 124 valence electrons. The van der Waals surface area contributed by atoms with E-state index in [4.69, 9.17) is 13.9 Å². The maximum absolute atomic E-state index is 12.4. The number of anilines is 1. The number of Topliss-reactive ketones (excluding diaryl/α,β-unsaturated/α-hetero) is 1. The molecule has 0 aliphatic heterocycles. The van der Waals surface area contributed by atoms with Gasteiger partial charge in [-0.2, -0.15) is 5.26 Å². The van der Waals surface area contributed by atoms with Crippen molar-refractivity contribution in [3.63, 3.8) is 0 Å². The van der Waals surface area contributed by atoms with Gasteiger partial charge >= 0.3 is 0 Å². The van der Waals surface area contributed by atoms with Gasteiger partial charge in [-0.1, -0.05) is 0 Å². The average Bonchev–Trinajstić information content (AvgIpc) is 2.89. The van der Waals surface area contributed by atoms with Crippen LogP contribution in [-0.4, -0.2) is 25.9 Å². The fraction of sp³-hybridized carbons (Fsp3) is 0.235. The number of nitrogens with one attached hydrogen (secondary N) is 1. The van der Waals surface area contributed by atoms with E-state index < -0.39 is 5.91 Å². The lowest BCUT2D eigenvalue weighted by atomic mass is 10.1. The van der Waals surface area contributed by atoms with E-state index in [9.17, 15) is 14.9 Å². The van der Waals surface area contributed by atoms with Gasteiger partial charge in [0.2, 0.25) is 5.88 Å². The van der Waals surface area contributed by atoms with Gasteiger partial charge in [0.1, 0.15) is 17.4 Å². The number of aryl methyl sites for hydroxylation is 1. The molecule has 0 aliphatic rings.